The molecule has 10 rings (SSSR count). The molecule has 2 aliphatic carbocycles. The number of hydrogen-bond acceptors (Lipinski definition) is 2. The van der Waals surface area contributed by atoms with E-state index in [1.54, 1.807) is 0 Å². The molecule has 0 saturated carbocycles. The van der Waals surface area contributed by atoms with Gasteiger partial charge < -0.3 is 13.6 Å². The van der Waals surface area contributed by atoms with Gasteiger partial charge in [-0.2, -0.15) is 5.26 Å². The Kier molecular flexibility index (Phi) is 5.63. The first-order valence-electron chi connectivity index (χ1n) is 16.7. The predicted octanol–water partition coefficient (Wildman–Crippen LogP) is 11.7. The van der Waals surface area contributed by atoms with Crippen molar-refractivity contribution in [1.82, 2.24) is 9.13 Å². The van der Waals surface area contributed by atoms with Crippen molar-refractivity contribution in [3.63, 3.8) is 0 Å². The number of para-hydroxylation sites is 3. The number of nitriles is 1. The van der Waals surface area contributed by atoms with Gasteiger partial charge in [0, 0.05) is 43.7 Å². The van der Waals surface area contributed by atoms with E-state index in [2.05, 4.69) is 156 Å². The summed E-state index contributed by atoms with van der Waals surface area (Å²) in [7, 11) is 0. The van der Waals surface area contributed by atoms with Crippen LogP contribution in [0.5, 0.6) is 0 Å². The van der Waals surface area contributed by atoms with Gasteiger partial charge in [-0.3, -0.25) is 0 Å². The normalized spacial score (nSPS) is 19.5. The topological polar surface area (TPSA) is 46.8 Å². The monoisotopic (exact) mass is 617 g/mol. The van der Waals surface area contributed by atoms with Crippen LogP contribution in [0, 0.1) is 16.7 Å². The summed E-state index contributed by atoms with van der Waals surface area (Å²) in [5.41, 5.74) is 9.20. The van der Waals surface area contributed by atoms with Crippen LogP contribution in [-0.4, -0.2) is 9.13 Å². The maximum atomic E-state index is 10.8. The quantitative estimate of drug-likeness (QED) is 0.198. The highest BCUT2D eigenvalue weighted by molar-refractivity contribution is 6.25. The van der Waals surface area contributed by atoms with E-state index in [-0.39, 0.29) is 6.04 Å². The molecule has 228 valence electrons. The smallest absolute Gasteiger partial charge is 0.137 e. The van der Waals surface area contributed by atoms with Crippen LogP contribution in [0.15, 0.2) is 144 Å². The first kappa shape index (κ1) is 27.1. The Morgan fingerprint density at radius 1 is 0.729 bits per heavy atom. The molecule has 4 nitrogen and oxygen atoms in total. The van der Waals surface area contributed by atoms with Gasteiger partial charge in [0.1, 0.15) is 11.2 Å². The van der Waals surface area contributed by atoms with E-state index in [1.807, 2.05) is 6.07 Å². The molecule has 0 amide bonds. The molecule has 2 aliphatic rings. The third-order valence-corrected chi connectivity index (χ3v) is 10.6. The minimum Gasteiger partial charge on any atom is -0.456 e. The van der Waals surface area contributed by atoms with Crippen LogP contribution in [0.3, 0.4) is 0 Å². The molecule has 0 radical (unpaired) electrons. The van der Waals surface area contributed by atoms with Gasteiger partial charge in [0.15, 0.2) is 0 Å². The van der Waals surface area contributed by atoms with Gasteiger partial charge in [0.05, 0.1) is 33.9 Å². The van der Waals surface area contributed by atoms with E-state index < -0.39 is 5.41 Å². The average Bonchev–Trinajstić information content (AvgIpc) is 3.79. The molecule has 0 bridgehead atoms. The molecule has 0 saturated heterocycles. The summed E-state index contributed by atoms with van der Waals surface area (Å²) in [6.07, 6.45) is 15.0. The summed E-state index contributed by atoms with van der Waals surface area (Å²) in [5.74, 6) is 0. The second-order valence-electron chi connectivity index (χ2n) is 13.3. The van der Waals surface area contributed by atoms with E-state index in [1.165, 1.54) is 38.3 Å². The fourth-order valence-electron chi connectivity index (χ4n) is 8.42. The van der Waals surface area contributed by atoms with Gasteiger partial charge in [0.2, 0.25) is 0 Å². The summed E-state index contributed by atoms with van der Waals surface area (Å²) in [6, 6.07) is 39.2. The maximum absolute atomic E-state index is 10.8. The van der Waals surface area contributed by atoms with Gasteiger partial charge >= 0.3 is 0 Å². The lowest BCUT2D eigenvalue weighted by Gasteiger charge is -2.36. The van der Waals surface area contributed by atoms with Gasteiger partial charge in [-0.15, -0.1) is 0 Å². The Morgan fingerprint density at radius 3 is 2.23 bits per heavy atom. The number of aromatic nitrogens is 2. The Hall–Kier alpha value is -6.05. The average molecular weight is 618 g/mol. The molecule has 8 aromatic rings. The molecule has 0 aliphatic heterocycles. The number of rotatable bonds is 3. The minimum absolute atomic E-state index is 0.237. The van der Waals surface area contributed by atoms with Gasteiger partial charge in [-0.1, -0.05) is 91.0 Å². The Balaban J connectivity index is 1.27. The van der Waals surface area contributed by atoms with Crippen LogP contribution >= 0.6 is 0 Å². The lowest BCUT2D eigenvalue weighted by molar-refractivity contribution is 0.420. The predicted molar refractivity (Wildman–Crippen MR) is 199 cm³/mol. The fraction of sp³-hybridized carbons (Fsp3) is 0.114. The summed E-state index contributed by atoms with van der Waals surface area (Å²) in [5, 5.41) is 17.9. The van der Waals surface area contributed by atoms with Crippen LogP contribution in [0.4, 0.5) is 0 Å². The van der Waals surface area contributed by atoms with E-state index in [0.717, 1.165) is 57.0 Å². The number of nitrogens with zero attached hydrogens (tertiary/aromatic N) is 3. The van der Waals surface area contributed by atoms with Crippen molar-refractivity contribution in [1.29, 1.82) is 5.26 Å². The third-order valence-electron chi connectivity index (χ3n) is 10.6. The zero-order valence-corrected chi connectivity index (χ0v) is 26.5. The fourth-order valence-corrected chi connectivity index (χ4v) is 8.42. The third kappa shape index (κ3) is 3.64. The zero-order valence-electron chi connectivity index (χ0n) is 26.5. The largest absolute Gasteiger partial charge is 0.456 e. The Labute approximate surface area is 277 Å². The van der Waals surface area contributed by atoms with Crippen molar-refractivity contribution < 1.29 is 4.42 Å². The second-order valence-corrected chi connectivity index (χ2v) is 13.3. The van der Waals surface area contributed by atoms with Crippen LogP contribution < -0.4 is 0 Å². The molecule has 0 N–H and O–H groups in total. The lowest BCUT2D eigenvalue weighted by Crippen LogP contribution is -2.29. The summed E-state index contributed by atoms with van der Waals surface area (Å²) in [4.78, 5) is 0. The molecular formula is C44H31N3O. The standard InChI is InChI=1S/C44H31N3O/c1-44(27-45)25-11-17-30(43(44)47-36-18-8-5-14-31(36)32-15-6-9-19-37(32)47)28-21-23-38-35(26-28)33-22-24-40-41(34-16-7-10-20-39(34)48-40)42(33)46(38)29-12-3-2-4-13-29/h2-3,5-12,14-26,43H,4,13H2,1H3/t43?,44-/m0/s1. The summed E-state index contributed by atoms with van der Waals surface area (Å²) < 4.78 is 11.2. The summed E-state index contributed by atoms with van der Waals surface area (Å²) >= 11 is 0. The number of allylic oxidation sites excluding steroid dienone is 8. The maximum Gasteiger partial charge on any atom is 0.137 e. The van der Waals surface area contributed by atoms with Gasteiger partial charge in [0.25, 0.3) is 0 Å². The molecule has 2 atom stereocenters. The molecule has 3 heterocycles. The van der Waals surface area contributed by atoms with Crippen LogP contribution in [0.1, 0.15) is 31.4 Å². The van der Waals surface area contributed by atoms with Crippen LogP contribution in [-0.2, 0) is 0 Å². The van der Waals surface area contributed by atoms with Crippen molar-refractivity contribution in [3.8, 4) is 6.07 Å². The molecule has 0 spiro atoms. The number of furan rings is 1. The Bertz CT molecular complexity index is 2770. The highest BCUT2D eigenvalue weighted by Gasteiger charge is 2.40. The van der Waals surface area contributed by atoms with Crippen LogP contribution in [0.25, 0.3) is 76.8 Å². The number of hydrogen-bond donors (Lipinski definition) is 0. The highest BCUT2D eigenvalue weighted by Crippen LogP contribution is 2.50. The molecular weight excluding hydrogens is 587 g/mol. The van der Waals surface area contributed by atoms with Crippen molar-refractivity contribution >= 4 is 76.8 Å². The highest BCUT2D eigenvalue weighted by atomic mass is 16.3. The zero-order chi connectivity index (χ0) is 32.0. The summed E-state index contributed by atoms with van der Waals surface area (Å²) in [6.45, 7) is 2.07. The molecule has 3 aromatic heterocycles. The van der Waals surface area contributed by atoms with E-state index in [4.69, 9.17) is 4.42 Å². The second kappa shape index (κ2) is 9.97. The van der Waals surface area contributed by atoms with E-state index in [9.17, 15) is 5.26 Å². The molecule has 48 heavy (non-hydrogen) atoms. The SMILES string of the molecule is C[C@@]1(C#N)C=CC=C(c2ccc3c(c2)c2ccc4oc5ccccc5c4c2n3C2=CC=CCC2)C1n1c2ccccc2c2ccccc21. The minimum atomic E-state index is -0.765. The number of benzene rings is 5. The molecule has 0 fully saturated rings. The van der Waals surface area contributed by atoms with Crippen molar-refractivity contribution in [2.75, 3.05) is 0 Å². The molecule has 5 aromatic carbocycles. The molecule has 1 unspecified atom stereocenters. The Morgan fingerprint density at radius 2 is 1.48 bits per heavy atom. The van der Waals surface area contributed by atoms with Crippen molar-refractivity contribution in [2.24, 2.45) is 5.41 Å². The first-order chi connectivity index (χ1) is 23.6. The number of fused-ring (bicyclic) bond motifs is 10. The lowest BCUT2D eigenvalue weighted by atomic mass is 9.74. The van der Waals surface area contributed by atoms with Crippen LogP contribution in [0.2, 0.25) is 0 Å². The van der Waals surface area contributed by atoms with Gasteiger partial charge in [-0.05, 0) is 79.4 Å². The van der Waals surface area contributed by atoms with Crippen molar-refractivity contribution in [2.45, 2.75) is 25.8 Å². The molecule has 4 heteroatoms. The van der Waals surface area contributed by atoms with E-state index >= 15 is 0 Å². The first-order valence-corrected chi connectivity index (χ1v) is 16.7. The van der Waals surface area contributed by atoms with E-state index in [0.29, 0.717) is 0 Å². The van der Waals surface area contributed by atoms with Gasteiger partial charge in [-0.25, -0.2) is 0 Å². The van der Waals surface area contributed by atoms with Crippen molar-refractivity contribution in [3.05, 3.63) is 145 Å².